The molecule has 1 heterocycles. The quantitative estimate of drug-likeness (QED) is 0.919. The highest BCUT2D eigenvalue weighted by molar-refractivity contribution is 5.85. The van der Waals surface area contributed by atoms with Crippen molar-refractivity contribution in [3.63, 3.8) is 0 Å². The summed E-state index contributed by atoms with van der Waals surface area (Å²) in [6, 6.07) is 4.07. The van der Waals surface area contributed by atoms with Crippen LogP contribution in [0.2, 0.25) is 0 Å². The molecule has 2 rings (SSSR count). The van der Waals surface area contributed by atoms with Gasteiger partial charge in [0.2, 0.25) is 6.43 Å². The standard InChI is InChI=1S/C14H19F3N2.ClH/c1-10-8-11(15)2-3-12(10)13(9-14(16)17)19-6-4-18-5-7-19;/h2-3,8,13-14,18H,4-7,9H2,1H3;1H/t13-;/m1./s1. The highest BCUT2D eigenvalue weighted by atomic mass is 35.5. The number of aryl methyl sites for hydroxylation is 1. The minimum Gasteiger partial charge on any atom is -0.314 e. The minimum atomic E-state index is -2.36. The van der Waals surface area contributed by atoms with Crippen molar-refractivity contribution < 1.29 is 13.2 Å². The van der Waals surface area contributed by atoms with Crippen LogP contribution in [0.4, 0.5) is 13.2 Å². The smallest absolute Gasteiger partial charge is 0.240 e. The second-order valence-electron chi connectivity index (χ2n) is 4.93. The Labute approximate surface area is 123 Å². The van der Waals surface area contributed by atoms with E-state index < -0.39 is 6.43 Å². The fourth-order valence-corrected chi connectivity index (χ4v) is 2.65. The van der Waals surface area contributed by atoms with Crippen LogP contribution < -0.4 is 5.32 Å². The van der Waals surface area contributed by atoms with E-state index in [2.05, 4.69) is 10.2 Å². The highest BCUT2D eigenvalue weighted by Gasteiger charge is 2.26. The topological polar surface area (TPSA) is 15.3 Å². The number of hydrogen-bond donors (Lipinski definition) is 1. The highest BCUT2D eigenvalue weighted by Crippen LogP contribution is 2.30. The average molecular weight is 309 g/mol. The van der Waals surface area contributed by atoms with Crippen molar-refractivity contribution in [3.8, 4) is 0 Å². The molecule has 1 fully saturated rings. The fraction of sp³-hybridized carbons (Fsp3) is 0.571. The molecule has 1 aliphatic heterocycles. The van der Waals surface area contributed by atoms with Gasteiger partial charge in [0, 0.05) is 38.6 Å². The van der Waals surface area contributed by atoms with Gasteiger partial charge < -0.3 is 5.32 Å². The van der Waals surface area contributed by atoms with E-state index in [9.17, 15) is 13.2 Å². The number of nitrogens with zero attached hydrogens (tertiary/aromatic N) is 1. The Hall–Kier alpha value is -0.780. The summed E-state index contributed by atoms with van der Waals surface area (Å²) in [7, 11) is 0. The first-order valence-corrected chi connectivity index (χ1v) is 6.57. The number of piperazine rings is 1. The first-order valence-electron chi connectivity index (χ1n) is 6.57. The third-order valence-corrected chi connectivity index (χ3v) is 3.58. The molecular weight excluding hydrogens is 289 g/mol. The maximum absolute atomic E-state index is 13.1. The van der Waals surface area contributed by atoms with Gasteiger partial charge in [-0.15, -0.1) is 12.4 Å². The van der Waals surface area contributed by atoms with Crippen LogP contribution >= 0.6 is 12.4 Å². The maximum Gasteiger partial charge on any atom is 0.240 e. The van der Waals surface area contributed by atoms with Gasteiger partial charge >= 0.3 is 0 Å². The molecule has 0 amide bonds. The second kappa shape index (κ2) is 7.86. The van der Waals surface area contributed by atoms with Gasteiger partial charge in [-0.3, -0.25) is 4.90 Å². The average Bonchev–Trinajstić information content (AvgIpc) is 2.37. The van der Waals surface area contributed by atoms with Crippen molar-refractivity contribution in [1.82, 2.24) is 10.2 Å². The van der Waals surface area contributed by atoms with Crippen LogP contribution in [0.25, 0.3) is 0 Å². The van der Waals surface area contributed by atoms with E-state index in [-0.39, 0.29) is 30.7 Å². The van der Waals surface area contributed by atoms with E-state index in [0.29, 0.717) is 0 Å². The molecule has 1 atom stereocenters. The lowest BCUT2D eigenvalue weighted by molar-refractivity contribution is 0.0736. The molecule has 0 radical (unpaired) electrons. The molecule has 0 aromatic heterocycles. The van der Waals surface area contributed by atoms with Crippen LogP contribution in [-0.4, -0.2) is 37.5 Å². The van der Waals surface area contributed by atoms with Crippen LogP contribution in [0.1, 0.15) is 23.6 Å². The molecule has 0 bridgehead atoms. The predicted octanol–water partition coefficient (Wildman–Crippen LogP) is 3.16. The van der Waals surface area contributed by atoms with Crippen molar-refractivity contribution in [2.45, 2.75) is 25.8 Å². The Morgan fingerprint density at radius 3 is 2.45 bits per heavy atom. The summed E-state index contributed by atoms with van der Waals surface area (Å²) in [5.74, 6) is -0.322. The van der Waals surface area contributed by atoms with Gasteiger partial charge in [-0.05, 0) is 30.2 Å². The third-order valence-electron chi connectivity index (χ3n) is 3.58. The Morgan fingerprint density at radius 2 is 1.90 bits per heavy atom. The number of halogens is 4. The number of benzene rings is 1. The molecule has 6 heteroatoms. The van der Waals surface area contributed by atoms with Crippen LogP contribution in [0.3, 0.4) is 0 Å². The van der Waals surface area contributed by atoms with E-state index in [4.69, 9.17) is 0 Å². The summed E-state index contributed by atoms with van der Waals surface area (Å²) in [4.78, 5) is 2.06. The molecule has 1 aromatic carbocycles. The predicted molar refractivity (Wildman–Crippen MR) is 76.2 cm³/mol. The SMILES string of the molecule is Cc1cc(F)ccc1[C@@H](CC(F)F)N1CCNCC1.Cl. The van der Waals surface area contributed by atoms with Crippen molar-refractivity contribution in [2.24, 2.45) is 0 Å². The van der Waals surface area contributed by atoms with Gasteiger partial charge in [0.15, 0.2) is 0 Å². The van der Waals surface area contributed by atoms with Crippen molar-refractivity contribution >= 4 is 12.4 Å². The lowest BCUT2D eigenvalue weighted by atomic mass is 9.96. The van der Waals surface area contributed by atoms with E-state index in [1.165, 1.54) is 12.1 Å². The normalized spacial score (nSPS) is 17.9. The van der Waals surface area contributed by atoms with Crippen molar-refractivity contribution in [1.29, 1.82) is 0 Å². The molecule has 1 aliphatic rings. The van der Waals surface area contributed by atoms with Gasteiger partial charge in [0.25, 0.3) is 0 Å². The zero-order valence-corrected chi connectivity index (χ0v) is 12.2. The molecule has 0 spiro atoms. The van der Waals surface area contributed by atoms with Gasteiger partial charge in [-0.2, -0.15) is 0 Å². The van der Waals surface area contributed by atoms with Crippen LogP contribution in [0, 0.1) is 12.7 Å². The van der Waals surface area contributed by atoms with E-state index in [0.717, 1.165) is 37.3 Å². The zero-order chi connectivity index (χ0) is 13.8. The third kappa shape index (κ3) is 4.36. The number of hydrogen-bond acceptors (Lipinski definition) is 2. The molecule has 114 valence electrons. The maximum atomic E-state index is 13.1. The summed E-state index contributed by atoms with van der Waals surface area (Å²) in [5.41, 5.74) is 1.55. The summed E-state index contributed by atoms with van der Waals surface area (Å²) in [6.07, 6.45) is -2.56. The molecule has 2 nitrogen and oxygen atoms in total. The first-order chi connectivity index (χ1) is 9.08. The minimum absolute atomic E-state index is 0. The Bertz CT molecular complexity index is 423. The molecule has 0 saturated carbocycles. The lowest BCUT2D eigenvalue weighted by Gasteiger charge is -2.35. The number of rotatable bonds is 4. The van der Waals surface area contributed by atoms with E-state index in [1.54, 1.807) is 13.0 Å². The molecule has 1 saturated heterocycles. The molecule has 1 aromatic rings. The van der Waals surface area contributed by atoms with Gasteiger partial charge in [0.1, 0.15) is 5.82 Å². The molecular formula is C14H20ClF3N2. The van der Waals surface area contributed by atoms with Crippen molar-refractivity contribution in [3.05, 3.63) is 35.1 Å². The van der Waals surface area contributed by atoms with E-state index in [1.807, 2.05) is 0 Å². The zero-order valence-electron chi connectivity index (χ0n) is 11.4. The molecule has 0 unspecified atom stereocenters. The Morgan fingerprint density at radius 1 is 1.25 bits per heavy atom. The van der Waals surface area contributed by atoms with Gasteiger partial charge in [0.05, 0.1) is 0 Å². The number of alkyl halides is 2. The molecule has 20 heavy (non-hydrogen) atoms. The largest absolute Gasteiger partial charge is 0.314 e. The Balaban J connectivity index is 0.00000200. The summed E-state index contributed by atoms with van der Waals surface area (Å²) in [5, 5.41) is 3.21. The fourth-order valence-electron chi connectivity index (χ4n) is 2.65. The number of nitrogens with one attached hydrogen (secondary N) is 1. The monoisotopic (exact) mass is 308 g/mol. The lowest BCUT2D eigenvalue weighted by Crippen LogP contribution is -2.45. The summed E-state index contributed by atoms with van der Waals surface area (Å²) in [6.45, 7) is 4.88. The second-order valence-corrected chi connectivity index (χ2v) is 4.93. The van der Waals surface area contributed by atoms with Gasteiger partial charge in [-0.25, -0.2) is 13.2 Å². The Kier molecular flexibility index (Phi) is 6.79. The molecule has 0 aliphatic carbocycles. The van der Waals surface area contributed by atoms with Crippen LogP contribution in [0.5, 0.6) is 0 Å². The van der Waals surface area contributed by atoms with E-state index >= 15 is 0 Å². The first kappa shape index (κ1) is 17.3. The summed E-state index contributed by atoms with van der Waals surface area (Å²) >= 11 is 0. The van der Waals surface area contributed by atoms with Crippen LogP contribution in [0.15, 0.2) is 18.2 Å². The molecule has 1 N–H and O–H groups in total. The van der Waals surface area contributed by atoms with Crippen LogP contribution in [-0.2, 0) is 0 Å². The van der Waals surface area contributed by atoms with Crippen molar-refractivity contribution in [2.75, 3.05) is 26.2 Å². The summed E-state index contributed by atoms with van der Waals surface area (Å²) < 4.78 is 38.8. The van der Waals surface area contributed by atoms with Gasteiger partial charge in [-0.1, -0.05) is 6.07 Å².